The van der Waals surface area contributed by atoms with Crippen LogP contribution in [0.1, 0.15) is 15.9 Å². The second kappa shape index (κ2) is 11.8. The van der Waals surface area contributed by atoms with Crippen LogP contribution in [0.25, 0.3) is 33.1 Å². The first kappa shape index (κ1) is 27.2. The van der Waals surface area contributed by atoms with Crippen LogP contribution in [0.3, 0.4) is 0 Å². The molecular formula is C31H26N4O6. The van der Waals surface area contributed by atoms with Crippen molar-refractivity contribution >= 4 is 45.9 Å². The molecule has 206 valence electrons. The van der Waals surface area contributed by atoms with Gasteiger partial charge < -0.3 is 25.0 Å². The number of H-pyrrole nitrogens is 1. The van der Waals surface area contributed by atoms with Crippen LogP contribution in [0.5, 0.6) is 5.75 Å². The zero-order valence-electron chi connectivity index (χ0n) is 22.0. The highest BCUT2D eigenvalue weighted by molar-refractivity contribution is 6.11. The molecule has 2 aromatic heterocycles. The number of aromatic amines is 1. The van der Waals surface area contributed by atoms with Gasteiger partial charge in [0, 0.05) is 34.6 Å². The third-order valence-corrected chi connectivity index (χ3v) is 6.75. The quantitative estimate of drug-likeness (QED) is 0.103. The minimum atomic E-state index is -1.50. The van der Waals surface area contributed by atoms with Gasteiger partial charge in [-0.25, -0.2) is 9.59 Å². The number of carbonyl (C=O) groups is 4. The van der Waals surface area contributed by atoms with Gasteiger partial charge >= 0.3 is 11.9 Å². The number of nitrogens with zero attached hydrogens (tertiary/aromatic N) is 1. The second-order valence-corrected chi connectivity index (χ2v) is 9.28. The summed E-state index contributed by atoms with van der Waals surface area (Å²) in [4.78, 5) is 57.7. The van der Waals surface area contributed by atoms with Gasteiger partial charge in [-0.3, -0.25) is 15.1 Å². The molecule has 0 bridgehead atoms. The van der Waals surface area contributed by atoms with Gasteiger partial charge in [-0.05, 0) is 35.9 Å². The molecule has 0 aliphatic rings. The number of ether oxygens (including phenoxy) is 2. The number of rotatable bonds is 10. The van der Waals surface area contributed by atoms with E-state index in [-0.39, 0.29) is 17.9 Å². The van der Waals surface area contributed by atoms with E-state index in [0.717, 1.165) is 27.4 Å². The molecule has 3 aromatic carbocycles. The molecule has 0 saturated carbocycles. The number of para-hydroxylation sites is 1. The molecule has 2 heterocycles. The minimum Gasteiger partial charge on any atom is -0.465 e. The van der Waals surface area contributed by atoms with E-state index in [1.54, 1.807) is 12.3 Å². The van der Waals surface area contributed by atoms with Crippen LogP contribution in [-0.2, 0) is 25.7 Å². The number of pyridine rings is 1. The number of hydrogen-bond donors (Lipinski definition) is 3. The fourth-order valence-corrected chi connectivity index (χ4v) is 4.69. The van der Waals surface area contributed by atoms with Crippen molar-refractivity contribution in [1.29, 1.82) is 0 Å². The highest BCUT2D eigenvalue weighted by Crippen LogP contribution is 2.34. The van der Waals surface area contributed by atoms with Gasteiger partial charge in [0.25, 0.3) is 0 Å². The molecule has 0 fully saturated rings. The molecule has 0 spiro atoms. The first-order valence-corrected chi connectivity index (χ1v) is 12.7. The van der Waals surface area contributed by atoms with Gasteiger partial charge in [0.05, 0.1) is 18.3 Å². The Labute approximate surface area is 234 Å². The lowest BCUT2D eigenvalue weighted by molar-refractivity contribution is -0.143. The number of benzene rings is 3. The van der Waals surface area contributed by atoms with Crippen molar-refractivity contribution in [3.8, 4) is 17.0 Å². The average molecular weight is 551 g/mol. The standard InChI is InChI=1S/C31H26N4O6/c1-40-30(38)22-15-19(26-27-21(13-14-33-26)20-9-5-6-10-24(20)35-27)11-12-25(22)41-31(39)28(23(17-36)29(32)37)34-16-18-7-3-2-4-8-18/h2-15,17,23,28,34-35H,16H2,1H3,(H2,32,37)/t23?,28-/m0/s1. The largest absolute Gasteiger partial charge is 0.465 e. The number of fused-ring (bicyclic) bond motifs is 3. The maximum absolute atomic E-state index is 13.3. The molecular weight excluding hydrogens is 524 g/mol. The van der Waals surface area contributed by atoms with Crippen molar-refractivity contribution in [2.45, 2.75) is 12.6 Å². The van der Waals surface area contributed by atoms with E-state index in [1.807, 2.05) is 60.7 Å². The summed E-state index contributed by atoms with van der Waals surface area (Å²) in [6.45, 7) is 0.154. The molecule has 2 atom stereocenters. The van der Waals surface area contributed by atoms with E-state index >= 15 is 0 Å². The third-order valence-electron chi connectivity index (χ3n) is 6.75. The molecule has 1 amide bonds. The number of nitrogens with one attached hydrogen (secondary N) is 2. The van der Waals surface area contributed by atoms with E-state index in [4.69, 9.17) is 15.2 Å². The Hall–Kier alpha value is -5.35. The van der Waals surface area contributed by atoms with Crippen LogP contribution in [0.15, 0.2) is 85.1 Å². The van der Waals surface area contributed by atoms with Gasteiger partial charge in [0.1, 0.15) is 29.6 Å². The Kier molecular flexibility index (Phi) is 7.84. The molecule has 10 heteroatoms. The van der Waals surface area contributed by atoms with Crippen molar-refractivity contribution < 1.29 is 28.7 Å². The number of aldehydes is 1. The lowest BCUT2D eigenvalue weighted by Gasteiger charge is -2.21. The number of methoxy groups -OCH3 is 1. The van der Waals surface area contributed by atoms with Crippen molar-refractivity contribution in [2.75, 3.05) is 7.11 Å². The Morgan fingerprint density at radius 2 is 1.76 bits per heavy atom. The van der Waals surface area contributed by atoms with Crippen molar-refractivity contribution in [3.63, 3.8) is 0 Å². The summed E-state index contributed by atoms with van der Waals surface area (Å²) >= 11 is 0. The highest BCUT2D eigenvalue weighted by Gasteiger charge is 2.34. The molecule has 0 saturated heterocycles. The maximum Gasteiger partial charge on any atom is 0.341 e. The van der Waals surface area contributed by atoms with Crippen molar-refractivity contribution in [2.24, 2.45) is 11.7 Å². The summed E-state index contributed by atoms with van der Waals surface area (Å²) in [6, 6.07) is 22.0. The Balaban J connectivity index is 1.50. The van der Waals surface area contributed by atoms with E-state index in [2.05, 4.69) is 15.3 Å². The van der Waals surface area contributed by atoms with Crippen LogP contribution < -0.4 is 15.8 Å². The van der Waals surface area contributed by atoms with Gasteiger partial charge in [-0.2, -0.15) is 0 Å². The number of aromatic nitrogens is 2. The van der Waals surface area contributed by atoms with Crippen LogP contribution in [0.4, 0.5) is 0 Å². The first-order valence-electron chi connectivity index (χ1n) is 12.7. The fraction of sp³-hybridized carbons (Fsp3) is 0.129. The van der Waals surface area contributed by atoms with Crippen LogP contribution in [0, 0.1) is 5.92 Å². The predicted molar refractivity (Wildman–Crippen MR) is 152 cm³/mol. The van der Waals surface area contributed by atoms with E-state index < -0.39 is 29.8 Å². The smallest absolute Gasteiger partial charge is 0.341 e. The normalized spacial score (nSPS) is 12.5. The average Bonchev–Trinajstić information content (AvgIpc) is 3.38. The zero-order valence-corrected chi connectivity index (χ0v) is 22.0. The SMILES string of the molecule is COC(=O)c1cc(-c2nccc3c2[nH]c2ccccc23)ccc1OC(=O)[C@@H](NCc1ccccc1)C(C=O)C(N)=O. The number of nitrogens with two attached hydrogens (primary N) is 1. The number of carbonyl (C=O) groups excluding carboxylic acids is 4. The van der Waals surface area contributed by atoms with Gasteiger partial charge in [-0.1, -0.05) is 48.5 Å². The van der Waals surface area contributed by atoms with Crippen LogP contribution >= 0.6 is 0 Å². The Morgan fingerprint density at radius 3 is 2.49 bits per heavy atom. The second-order valence-electron chi connectivity index (χ2n) is 9.28. The summed E-state index contributed by atoms with van der Waals surface area (Å²) in [6.07, 6.45) is 1.97. The minimum absolute atomic E-state index is 0.0446. The maximum atomic E-state index is 13.3. The lowest BCUT2D eigenvalue weighted by Crippen LogP contribution is -2.50. The van der Waals surface area contributed by atoms with Gasteiger partial charge in [0.15, 0.2) is 0 Å². The Morgan fingerprint density at radius 1 is 1.00 bits per heavy atom. The summed E-state index contributed by atoms with van der Waals surface area (Å²) in [5.74, 6) is -4.34. The van der Waals surface area contributed by atoms with Crippen molar-refractivity contribution in [1.82, 2.24) is 15.3 Å². The van der Waals surface area contributed by atoms with Gasteiger partial charge in [-0.15, -0.1) is 0 Å². The zero-order chi connectivity index (χ0) is 28.9. The lowest BCUT2D eigenvalue weighted by atomic mass is 10.00. The Bertz CT molecular complexity index is 1770. The topological polar surface area (TPSA) is 153 Å². The summed E-state index contributed by atoms with van der Waals surface area (Å²) in [5.41, 5.74) is 9.02. The fourth-order valence-electron chi connectivity index (χ4n) is 4.69. The van der Waals surface area contributed by atoms with E-state index in [0.29, 0.717) is 17.5 Å². The molecule has 0 aliphatic carbocycles. The van der Waals surface area contributed by atoms with E-state index in [1.165, 1.54) is 19.2 Å². The van der Waals surface area contributed by atoms with Crippen LogP contribution in [0.2, 0.25) is 0 Å². The number of primary amides is 1. The molecule has 1 unspecified atom stereocenters. The molecule has 10 nitrogen and oxygen atoms in total. The molecule has 5 rings (SSSR count). The molecule has 0 aliphatic heterocycles. The highest BCUT2D eigenvalue weighted by atomic mass is 16.5. The number of hydrogen-bond acceptors (Lipinski definition) is 8. The summed E-state index contributed by atoms with van der Waals surface area (Å²) < 4.78 is 10.5. The number of esters is 2. The summed E-state index contributed by atoms with van der Waals surface area (Å²) in [5, 5.41) is 4.87. The number of amides is 1. The molecule has 0 radical (unpaired) electrons. The third kappa shape index (κ3) is 5.54. The van der Waals surface area contributed by atoms with E-state index in [9.17, 15) is 19.2 Å². The molecule has 5 aromatic rings. The predicted octanol–water partition coefficient (Wildman–Crippen LogP) is 3.53. The first-order chi connectivity index (χ1) is 19.9. The molecule has 4 N–H and O–H groups in total. The van der Waals surface area contributed by atoms with Crippen molar-refractivity contribution in [3.05, 3.63) is 96.2 Å². The summed E-state index contributed by atoms with van der Waals surface area (Å²) in [7, 11) is 1.21. The monoisotopic (exact) mass is 550 g/mol. The van der Waals surface area contributed by atoms with Gasteiger partial charge in [0.2, 0.25) is 5.91 Å². The van der Waals surface area contributed by atoms with Crippen LogP contribution in [-0.4, -0.2) is 47.3 Å². The molecule has 41 heavy (non-hydrogen) atoms.